The summed E-state index contributed by atoms with van der Waals surface area (Å²) in [5, 5.41) is 15.1. The van der Waals surface area contributed by atoms with Crippen LogP contribution in [0.3, 0.4) is 0 Å². The molecule has 0 spiro atoms. The second-order valence-electron chi connectivity index (χ2n) is 24.2. The molecule has 0 bridgehead atoms. The molecule has 5 saturated heterocycles. The van der Waals surface area contributed by atoms with Crippen LogP contribution in [0, 0.1) is 41.4 Å². The lowest BCUT2D eigenvalue weighted by molar-refractivity contribution is -0.358. The standard InChI is InChI=1S/C64H94N2O17P2/c1-34-36(3)52(41(8)67)80-60(38(34)5)81-53-39(6)50(65-32-84)61(75-42(53)9)82-54-40(7)51(66-33-85)62(83-56-43(10)74-58(64(12,70)57(56)76-44(11)68)59(69)77-47-26-20-15-21-27-47)79-49(54)31-73-63-55(72-29-46-24-18-14-19-25-46)37(4)35(2)48(78-63)30-71-28-45-22-16-13-17-23-45/h13-27,34-40,42-43,48-58,60-63,65-66,70H,28-33,84-85H2,1-12H3/t34-,35-,36+,37-,38?,39+,40+,42?,43-,48?,49?,50?,51?,52?,53-,54-,55?,56?,57+,58?,60-,61-,62-,63+,64-/m0/s1/i/hT2. The van der Waals surface area contributed by atoms with Crippen LogP contribution in [0.15, 0.2) is 91.0 Å². The molecule has 5 aliphatic heterocycles. The number of benzene rings is 3. The van der Waals surface area contributed by atoms with Crippen LogP contribution >= 0.6 is 18.5 Å². The van der Waals surface area contributed by atoms with Gasteiger partial charge in [0.25, 0.3) is 0 Å². The van der Waals surface area contributed by atoms with E-state index < -0.39 is 134 Å². The van der Waals surface area contributed by atoms with E-state index in [0.717, 1.165) is 11.1 Å². The molecule has 8 rings (SSSR count). The van der Waals surface area contributed by atoms with E-state index in [-0.39, 0.29) is 73.5 Å². The van der Waals surface area contributed by atoms with E-state index in [0.29, 0.717) is 6.61 Å². The summed E-state index contributed by atoms with van der Waals surface area (Å²) in [6.07, 6.45) is -14.2. The zero-order valence-electron chi connectivity index (χ0n) is 53.3. The van der Waals surface area contributed by atoms with Crippen molar-refractivity contribution < 1.29 is 83.9 Å². The molecular weight excluding hydrogens is 1130 g/mol. The maximum Gasteiger partial charge on any atom is 0.343 e. The Kier molecular flexibility index (Phi) is 23.4. The van der Waals surface area contributed by atoms with Gasteiger partial charge in [0.05, 0.1) is 69.0 Å². The maximum absolute atomic E-state index is 13.9. The van der Waals surface area contributed by atoms with Crippen molar-refractivity contribution in [3.8, 4) is 5.75 Å². The average molecular weight is 1230 g/mol. The van der Waals surface area contributed by atoms with E-state index in [2.05, 4.69) is 46.2 Å². The van der Waals surface area contributed by atoms with Crippen LogP contribution in [-0.2, 0) is 84.4 Å². The minimum atomic E-state index is -2.23. The summed E-state index contributed by atoms with van der Waals surface area (Å²) in [5.74, 6) is -2.73. The molecule has 5 fully saturated rings. The summed E-state index contributed by atoms with van der Waals surface area (Å²) in [6, 6.07) is 26.4. The first-order chi connectivity index (χ1) is 41.4. The van der Waals surface area contributed by atoms with Crippen LogP contribution in [0.5, 0.6) is 5.75 Å². The second kappa shape index (κ2) is 30.9. The number of hydrogen-bond donors (Lipinski definition) is 3. The van der Waals surface area contributed by atoms with Crippen LogP contribution in [0.25, 0.3) is 0 Å². The van der Waals surface area contributed by atoms with Crippen molar-refractivity contribution in [3.05, 3.63) is 102 Å². The van der Waals surface area contributed by atoms with Crippen LogP contribution < -0.4 is 15.4 Å². The Balaban J connectivity index is 1.13. The van der Waals surface area contributed by atoms with E-state index >= 15 is 0 Å². The Morgan fingerprint density at radius 1 is 0.565 bits per heavy atom. The number of carbonyl (C=O) groups excluding carboxylic acids is 3. The first-order valence-corrected chi connectivity index (χ1v) is 31.8. The first kappa shape index (κ1) is 64.6. The number of ether oxygens (including phenoxy) is 13. The smallest absolute Gasteiger partial charge is 0.343 e. The van der Waals surface area contributed by atoms with E-state index in [1.165, 1.54) is 31.4 Å². The third-order valence-electron chi connectivity index (χ3n) is 18.2. The summed E-state index contributed by atoms with van der Waals surface area (Å²) >= 11 is 0. The SMILES string of the molecule is [3H]N(CP)C1[C@H](O[C@@H]2C(CO[C@@H]3OC(COCc4ccccc4)[C@@H](C)[C@H](C)C3OCc3ccccc3)O[C@@H](OC3[C@H](C)OC(C(=O)Oc4ccccc4)[C@@](C)(O)[C@@H]3OC(C)=O)C(N([3H])CP)[C@H]2C)OC(C)[C@@H](O[C@@H]2OC(C(C)=O)[C@H](C)[C@H](C)C2C)[C@@H]1C. The predicted molar refractivity (Wildman–Crippen MR) is 322 cm³/mol. The van der Waals surface area contributed by atoms with Gasteiger partial charge in [0.15, 0.2) is 43.2 Å². The third kappa shape index (κ3) is 16.3. The topological polar surface area (TPSA) is 215 Å². The molecular formula is C64H94N2O17P2. The number of para-hydroxylation sites is 1. The number of rotatable bonds is 24. The highest BCUT2D eigenvalue weighted by molar-refractivity contribution is 7.16. The highest BCUT2D eigenvalue weighted by Gasteiger charge is 2.60. The van der Waals surface area contributed by atoms with Gasteiger partial charge in [0, 0.05) is 37.2 Å². The molecule has 0 amide bonds. The van der Waals surface area contributed by atoms with E-state index in [1.54, 1.807) is 37.3 Å². The molecule has 27 atom stereocenters. The van der Waals surface area contributed by atoms with Crippen molar-refractivity contribution in [1.82, 2.24) is 10.6 Å². The Labute approximate surface area is 510 Å². The van der Waals surface area contributed by atoms with Crippen molar-refractivity contribution in [2.45, 2.75) is 206 Å². The van der Waals surface area contributed by atoms with Gasteiger partial charge < -0.3 is 77.3 Å². The van der Waals surface area contributed by atoms with Gasteiger partial charge in [-0.3, -0.25) is 9.59 Å². The van der Waals surface area contributed by atoms with E-state index in [9.17, 15) is 22.3 Å². The van der Waals surface area contributed by atoms with Crippen molar-refractivity contribution >= 4 is 36.2 Å². The van der Waals surface area contributed by atoms with Gasteiger partial charge in [-0.25, -0.2) is 4.79 Å². The molecule has 0 aromatic heterocycles. The van der Waals surface area contributed by atoms with Crippen molar-refractivity contribution in [3.63, 3.8) is 0 Å². The van der Waals surface area contributed by atoms with Crippen LogP contribution in [0.2, 0.25) is 2.82 Å². The van der Waals surface area contributed by atoms with Crippen molar-refractivity contribution in [2.75, 3.05) is 25.8 Å². The molecule has 3 aromatic rings. The summed E-state index contributed by atoms with van der Waals surface area (Å²) in [5.41, 5.74) is -0.240. The Morgan fingerprint density at radius 3 is 1.71 bits per heavy atom. The number of hydrogen-bond acceptors (Lipinski definition) is 19. The summed E-state index contributed by atoms with van der Waals surface area (Å²) < 4.78 is 105. The molecule has 19 nitrogen and oxygen atoms in total. The van der Waals surface area contributed by atoms with E-state index in [4.69, 9.17) is 61.6 Å². The Morgan fingerprint density at radius 2 is 1.11 bits per heavy atom. The first-order valence-electron chi connectivity index (χ1n) is 31.0. The lowest BCUT2D eigenvalue weighted by Crippen LogP contribution is -2.70. The minimum absolute atomic E-state index is 0.0184. The molecule has 12 unspecified atom stereocenters. The average Bonchev–Trinajstić information content (AvgIpc) is 0.934. The summed E-state index contributed by atoms with van der Waals surface area (Å²) in [7, 11) is 5.19. The van der Waals surface area contributed by atoms with Crippen molar-refractivity contribution in [2.24, 2.45) is 41.4 Å². The number of aliphatic hydroxyl groups is 1. The van der Waals surface area contributed by atoms with Gasteiger partial charge in [0.2, 0.25) is 0 Å². The lowest BCUT2D eigenvalue weighted by atomic mass is 9.78. The molecule has 0 saturated carbocycles. The molecule has 0 aliphatic carbocycles. The normalized spacial score (nSPS) is 40.1. The second-order valence-corrected chi connectivity index (χ2v) is 24.9. The minimum Gasteiger partial charge on any atom is -0.456 e. The highest BCUT2D eigenvalue weighted by atomic mass is 31.0. The van der Waals surface area contributed by atoms with Gasteiger partial charge in [-0.1, -0.05) is 127 Å². The Bertz CT molecular complexity index is 2650. The summed E-state index contributed by atoms with van der Waals surface area (Å²) in [4.78, 5) is 39.8. The number of carbonyl (C=O) groups is 3. The zero-order valence-corrected chi connectivity index (χ0v) is 53.6. The number of esters is 2. The van der Waals surface area contributed by atoms with Gasteiger partial charge in [-0.15, -0.1) is 18.5 Å². The van der Waals surface area contributed by atoms with Crippen LogP contribution in [-0.4, -0.2) is 159 Å². The third-order valence-corrected chi connectivity index (χ3v) is 18.6. The molecule has 85 heavy (non-hydrogen) atoms. The van der Waals surface area contributed by atoms with Crippen LogP contribution in [0.1, 0.15) is 94.2 Å². The Hall–Kier alpha value is -3.43. The molecule has 3 aromatic carbocycles. The molecule has 3 N–H and O–H groups in total. The van der Waals surface area contributed by atoms with Crippen molar-refractivity contribution in [1.29, 1.82) is 0 Å². The summed E-state index contributed by atoms with van der Waals surface area (Å²) in [6.45, 7) is 22.6. The quantitative estimate of drug-likeness (QED) is 0.0448. The molecule has 0 radical (unpaired) electrons. The fourth-order valence-electron chi connectivity index (χ4n) is 12.7. The number of nitrogens with one attached hydrogen (secondary N) is 2. The van der Waals surface area contributed by atoms with Crippen LogP contribution in [0.4, 0.5) is 0 Å². The molecule has 21 heteroatoms. The highest BCUT2D eigenvalue weighted by Crippen LogP contribution is 2.43. The zero-order chi connectivity index (χ0) is 63.0. The fourth-order valence-corrected chi connectivity index (χ4v) is 13.2. The van der Waals surface area contributed by atoms with Gasteiger partial charge >= 0.3 is 11.9 Å². The van der Waals surface area contributed by atoms with Gasteiger partial charge in [0.1, 0.15) is 38.6 Å². The predicted octanol–water partition coefficient (Wildman–Crippen LogP) is 7.58. The largest absolute Gasteiger partial charge is 0.456 e. The van der Waals surface area contributed by atoms with Gasteiger partial charge in [-0.2, -0.15) is 0 Å². The molecule has 472 valence electrons. The van der Waals surface area contributed by atoms with E-state index in [1.807, 2.05) is 88.4 Å². The fraction of sp³-hybridized carbons (Fsp3) is 0.672. The number of Topliss-reactive ketones (excluding diaryl/α,β-unsaturated/α-hetero) is 1. The van der Waals surface area contributed by atoms with Gasteiger partial charge in [-0.05, 0) is 74.6 Å². The molecule has 5 heterocycles. The maximum atomic E-state index is 13.9. The lowest BCUT2D eigenvalue weighted by Gasteiger charge is -2.53. The molecule has 5 aliphatic rings. The monoisotopic (exact) mass is 1230 g/mol. The number of ketones is 1.